The standard InChI is InChI=1S/C11H13N3O4/c1-14-10(12)13-9(16)11(14,17)6-3-4-7(15)8(5-6)18-2/h3-5,15,17H,1-2H3,(H2,12,13,16)/t11-/m1/s1. The second-order valence-corrected chi connectivity index (χ2v) is 3.92. The van der Waals surface area contributed by atoms with E-state index in [0.29, 0.717) is 0 Å². The van der Waals surface area contributed by atoms with E-state index in [9.17, 15) is 15.0 Å². The third-order valence-corrected chi connectivity index (χ3v) is 2.95. The number of aromatic hydroxyl groups is 1. The molecule has 0 radical (unpaired) electrons. The molecule has 7 heteroatoms. The highest BCUT2D eigenvalue weighted by Gasteiger charge is 2.50. The molecule has 1 heterocycles. The minimum absolute atomic E-state index is 0.0963. The lowest BCUT2D eigenvalue weighted by Gasteiger charge is -2.28. The molecule has 2 rings (SSSR count). The summed E-state index contributed by atoms with van der Waals surface area (Å²) in [5, 5.41) is 29.6. The summed E-state index contributed by atoms with van der Waals surface area (Å²) in [5.74, 6) is -0.876. The highest BCUT2D eigenvalue weighted by atomic mass is 16.5. The summed E-state index contributed by atoms with van der Waals surface area (Å²) >= 11 is 0. The number of nitrogens with one attached hydrogen (secondary N) is 2. The second-order valence-electron chi connectivity index (χ2n) is 3.92. The molecule has 1 aromatic rings. The Balaban J connectivity index is 2.54. The average Bonchev–Trinajstić information content (AvgIpc) is 2.55. The Kier molecular flexibility index (Phi) is 2.63. The number of likely N-dealkylation sites (N-methyl/N-ethyl adjacent to an activating group) is 1. The lowest BCUT2D eigenvalue weighted by atomic mass is 10.0. The van der Waals surface area contributed by atoms with E-state index >= 15 is 0 Å². The fourth-order valence-electron chi connectivity index (χ4n) is 1.81. The molecule has 1 atom stereocenters. The zero-order valence-corrected chi connectivity index (χ0v) is 9.89. The van der Waals surface area contributed by atoms with Gasteiger partial charge in [0.05, 0.1) is 7.11 Å². The molecule has 18 heavy (non-hydrogen) atoms. The zero-order chi connectivity index (χ0) is 13.5. The second kappa shape index (κ2) is 3.88. The van der Waals surface area contributed by atoms with Crippen LogP contribution >= 0.6 is 0 Å². The predicted molar refractivity (Wildman–Crippen MR) is 62.2 cm³/mol. The van der Waals surface area contributed by atoms with Crippen molar-refractivity contribution in [3.63, 3.8) is 0 Å². The molecule has 1 saturated heterocycles. The number of ether oxygens (including phenoxy) is 1. The van der Waals surface area contributed by atoms with Crippen molar-refractivity contribution in [2.24, 2.45) is 0 Å². The molecule has 1 amide bonds. The van der Waals surface area contributed by atoms with Crippen LogP contribution in [0.2, 0.25) is 0 Å². The van der Waals surface area contributed by atoms with Gasteiger partial charge in [0, 0.05) is 12.6 Å². The van der Waals surface area contributed by atoms with Gasteiger partial charge in [0.1, 0.15) is 0 Å². The maximum absolute atomic E-state index is 11.8. The quantitative estimate of drug-likeness (QED) is 0.569. The molecule has 0 saturated carbocycles. The van der Waals surface area contributed by atoms with E-state index in [1.54, 1.807) is 0 Å². The van der Waals surface area contributed by atoms with Crippen LogP contribution in [-0.2, 0) is 10.5 Å². The number of benzene rings is 1. The van der Waals surface area contributed by atoms with Gasteiger partial charge in [-0.2, -0.15) is 0 Å². The summed E-state index contributed by atoms with van der Waals surface area (Å²) in [7, 11) is 2.78. The average molecular weight is 251 g/mol. The van der Waals surface area contributed by atoms with Crippen molar-refractivity contribution in [1.82, 2.24) is 10.2 Å². The maximum atomic E-state index is 11.8. The Morgan fingerprint density at radius 1 is 1.50 bits per heavy atom. The highest BCUT2D eigenvalue weighted by Crippen LogP contribution is 2.34. The first kappa shape index (κ1) is 12.2. The number of guanidine groups is 1. The summed E-state index contributed by atoms with van der Waals surface area (Å²) in [6.45, 7) is 0. The molecular weight excluding hydrogens is 238 g/mol. The topological polar surface area (TPSA) is 106 Å². The van der Waals surface area contributed by atoms with Crippen LogP contribution in [0.1, 0.15) is 5.56 Å². The summed E-state index contributed by atoms with van der Waals surface area (Å²) in [6.07, 6.45) is 0. The van der Waals surface area contributed by atoms with Crippen molar-refractivity contribution >= 4 is 11.9 Å². The van der Waals surface area contributed by atoms with E-state index in [4.69, 9.17) is 10.1 Å². The number of methoxy groups -OCH3 is 1. The molecule has 1 aliphatic rings. The van der Waals surface area contributed by atoms with Crippen molar-refractivity contribution in [1.29, 1.82) is 5.41 Å². The van der Waals surface area contributed by atoms with E-state index in [-0.39, 0.29) is 23.0 Å². The van der Waals surface area contributed by atoms with Gasteiger partial charge < -0.3 is 19.8 Å². The minimum Gasteiger partial charge on any atom is -0.504 e. The molecular formula is C11H13N3O4. The maximum Gasteiger partial charge on any atom is 0.285 e. The van der Waals surface area contributed by atoms with Crippen LogP contribution in [0.4, 0.5) is 0 Å². The Bertz CT molecular complexity index is 531. The van der Waals surface area contributed by atoms with Gasteiger partial charge in [-0.1, -0.05) is 0 Å². The molecule has 1 aromatic carbocycles. The van der Waals surface area contributed by atoms with Crippen LogP contribution < -0.4 is 10.1 Å². The third-order valence-electron chi connectivity index (χ3n) is 2.95. The van der Waals surface area contributed by atoms with Gasteiger partial charge in [-0.15, -0.1) is 0 Å². The highest BCUT2D eigenvalue weighted by molar-refractivity contribution is 6.07. The molecule has 7 nitrogen and oxygen atoms in total. The number of rotatable bonds is 2. The first-order valence-corrected chi connectivity index (χ1v) is 5.15. The first-order valence-electron chi connectivity index (χ1n) is 5.15. The van der Waals surface area contributed by atoms with Gasteiger partial charge in [0.25, 0.3) is 5.91 Å². The monoisotopic (exact) mass is 251 g/mol. The predicted octanol–water partition coefficient (Wildman–Crippen LogP) is -0.458. The third kappa shape index (κ3) is 1.48. The van der Waals surface area contributed by atoms with Gasteiger partial charge in [0.2, 0.25) is 11.7 Å². The smallest absolute Gasteiger partial charge is 0.285 e. The Morgan fingerprint density at radius 3 is 2.67 bits per heavy atom. The van der Waals surface area contributed by atoms with Crippen molar-refractivity contribution < 1.29 is 19.7 Å². The SMILES string of the molecule is COc1cc([C@@]2(O)C(=O)NC(=N)N2C)ccc1O. The minimum atomic E-state index is -1.97. The first-order chi connectivity index (χ1) is 8.41. The van der Waals surface area contributed by atoms with Crippen molar-refractivity contribution in [2.75, 3.05) is 14.2 Å². The van der Waals surface area contributed by atoms with Crippen molar-refractivity contribution in [2.45, 2.75) is 5.72 Å². The molecule has 0 bridgehead atoms. The van der Waals surface area contributed by atoms with E-state index in [2.05, 4.69) is 5.32 Å². The van der Waals surface area contributed by atoms with Crippen LogP contribution in [0.15, 0.2) is 18.2 Å². The largest absolute Gasteiger partial charge is 0.504 e. The molecule has 1 aliphatic heterocycles. The Hall–Kier alpha value is -2.28. The summed E-state index contributed by atoms with van der Waals surface area (Å²) < 4.78 is 4.92. The zero-order valence-electron chi connectivity index (χ0n) is 9.89. The number of nitrogens with zero attached hydrogens (tertiary/aromatic N) is 1. The van der Waals surface area contributed by atoms with E-state index < -0.39 is 11.6 Å². The lowest BCUT2D eigenvalue weighted by Crippen LogP contribution is -2.44. The summed E-state index contributed by atoms with van der Waals surface area (Å²) in [6, 6.07) is 4.06. The van der Waals surface area contributed by atoms with E-state index in [1.165, 1.54) is 32.4 Å². The van der Waals surface area contributed by atoms with Gasteiger partial charge in [-0.25, -0.2) is 0 Å². The number of aliphatic hydroxyl groups is 1. The van der Waals surface area contributed by atoms with Crippen LogP contribution in [0.5, 0.6) is 11.5 Å². The molecule has 96 valence electrons. The normalized spacial score (nSPS) is 23.2. The van der Waals surface area contributed by atoms with Crippen molar-refractivity contribution in [3.05, 3.63) is 23.8 Å². The number of phenols is 1. The number of carbonyl (C=O) groups excluding carboxylic acids is 1. The number of amides is 1. The van der Waals surface area contributed by atoms with Crippen LogP contribution in [0.3, 0.4) is 0 Å². The molecule has 1 fully saturated rings. The fourth-order valence-corrected chi connectivity index (χ4v) is 1.81. The van der Waals surface area contributed by atoms with Crippen LogP contribution in [0.25, 0.3) is 0 Å². The summed E-state index contributed by atoms with van der Waals surface area (Å²) in [5.41, 5.74) is -1.77. The van der Waals surface area contributed by atoms with Gasteiger partial charge in [0.15, 0.2) is 11.5 Å². The molecule has 0 unspecified atom stereocenters. The molecule has 0 spiro atoms. The number of carbonyl (C=O) groups is 1. The number of phenolic OH excluding ortho intramolecular Hbond substituents is 1. The van der Waals surface area contributed by atoms with Gasteiger partial charge in [-0.3, -0.25) is 15.5 Å². The summed E-state index contributed by atoms with van der Waals surface area (Å²) in [4.78, 5) is 12.9. The van der Waals surface area contributed by atoms with Crippen molar-refractivity contribution in [3.8, 4) is 11.5 Å². The van der Waals surface area contributed by atoms with E-state index in [0.717, 1.165) is 4.90 Å². The van der Waals surface area contributed by atoms with E-state index in [1.807, 2.05) is 0 Å². The molecule has 0 aromatic heterocycles. The Morgan fingerprint density at radius 2 is 2.17 bits per heavy atom. The van der Waals surface area contributed by atoms with Crippen LogP contribution in [0, 0.1) is 5.41 Å². The molecule has 0 aliphatic carbocycles. The number of hydrogen-bond acceptors (Lipinski definition) is 5. The van der Waals surface area contributed by atoms with Crippen LogP contribution in [-0.4, -0.2) is 41.1 Å². The molecule has 4 N–H and O–H groups in total. The van der Waals surface area contributed by atoms with Gasteiger partial charge >= 0.3 is 0 Å². The number of hydrogen-bond donors (Lipinski definition) is 4. The fraction of sp³-hybridized carbons (Fsp3) is 0.273. The Labute approximate surface area is 103 Å². The van der Waals surface area contributed by atoms with Gasteiger partial charge in [-0.05, 0) is 18.2 Å². The lowest BCUT2D eigenvalue weighted by molar-refractivity contribution is -0.147.